The lowest BCUT2D eigenvalue weighted by Gasteiger charge is -2.26. The van der Waals surface area contributed by atoms with Gasteiger partial charge in [0.25, 0.3) is 0 Å². The van der Waals surface area contributed by atoms with Crippen molar-refractivity contribution in [2.75, 3.05) is 39.4 Å². The Bertz CT molecular complexity index is 989. The Kier molecular flexibility index (Phi) is 5.81. The summed E-state index contributed by atoms with van der Waals surface area (Å²) < 4.78 is 8.76. The minimum Gasteiger partial charge on any atom is -0.379 e. The van der Waals surface area contributed by atoms with E-state index in [4.69, 9.17) is 4.74 Å². The van der Waals surface area contributed by atoms with Crippen molar-refractivity contribution in [1.29, 1.82) is 0 Å². The predicted molar refractivity (Wildman–Crippen MR) is 106 cm³/mol. The summed E-state index contributed by atoms with van der Waals surface area (Å²) in [5.41, 5.74) is 3.67. The van der Waals surface area contributed by atoms with Crippen molar-refractivity contribution < 1.29 is 9.53 Å². The van der Waals surface area contributed by atoms with Crippen molar-refractivity contribution in [3.63, 3.8) is 0 Å². The van der Waals surface area contributed by atoms with E-state index < -0.39 is 0 Å². The van der Waals surface area contributed by atoms with Gasteiger partial charge >= 0.3 is 0 Å². The van der Waals surface area contributed by atoms with Crippen LogP contribution in [0.15, 0.2) is 18.5 Å². The highest BCUT2D eigenvalue weighted by Gasteiger charge is 2.16. The normalized spacial score (nSPS) is 15.1. The summed E-state index contributed by atoms with van der Waals surface area (Å²) in [6.07, 6.45) is 2.65. The molecule has 1 aliphatic heterocycles. The maximum Gasteiger partial charge on any atom is 0.220 e. The van der Waals surface area contributed by atoms with Crippen molar-refractivity contribution in [1.82, 2.24) is 39.8 Å². The first-order chi connectivity index (χ1) is 14.1. The number of nitrogens with one attached hydrogen (secondary N) is 1. The van der Waals surface area contributed by atoms with Gasteiger partial charge in [-0.25, -0.2) is 4.68 Å². The highest BCUT2D eigenvalue weighted by molar-refractivity contribution is 5.76. The standard InChI is InChI=1S/C19H26N8O2/c1-14-16(3-6-19(28)20-7-8-25-9-11-29-12-10-25)15(2)27(23-14)18-5-4-17-22-21-13-26(17)24-18/h4-5,13H,3,6-12H2,1-2H3,(H,20,28). The molecule has 0 bridgehead atoms. The number of nitrogens with zero attached hydrogens (tertiary/aromatic N) is 7. The van der Waals surface area contributed by atoms with Crippen LogP contribution in [-0.2, 0) is 16.0 Å². The van der Waals surface area contributed by atoms with Gasteiger partial charge in [-0.3, -0.25) is 9.69 Å². The largest absolute Gasteiger partial charge is 0.379 e. The van der Waals surface area contributed by atoms with Crippen LogP contribution in [0.2, 0.25) is 0 Å². The molecule has 0 spiro atoms. The molecule has 10 heteroatoms. The number of carbonyl (C=O) groups is 1. The van der Waals surface area contributed by atoms with Crippen molar-refractivity contribution in [3.8, 4) is 5.82 Å². The van der Waals surface area contributed by atoms with Gasteiger partial charge < -0.3 is 10.1 Å². The van der Waals surface area contributed by atoms with Gasteiger partial charge in [0.2, 0.25) is 5.91 Å². The third-order valence-electron chi connectivity index (χ3n) is 5.26. The molecule has 1 saturated heterocycles. The molecule has 1 aliphatic rings. The Morgan fingerprint density at radius 2 is 2.03 bits per heavy atom. The highest BCUT2D eigenvalue weighted by Crippen LogP contribution is 2.18. The maximum absolute atomic E-state index is 12.3. The number of hydrogen-bond donors (Lipinski definition) is 1. The summed E-state index contributed by atoms with van der Waals surface area (Å²) in [6.45, 7) is 8.91. The first-order valence-corrected chi connectivity index (χ1v) is 9.91. The van der Waals surface area contributed by atoms with E-state index in [1.165, 1.54) is 0 Å². The Morgan fingerprint density at radius 3 is 2.86 bits per heavy atom. The van der Waals surface area contributed by atoms with Gasteiger partial charge in [-0.1, -0.05) is 0 Å². The summed E-state index contributed by atoms with van der Waals surface area (Å²) in [6, 6.07) is 3.72. The Morgan fingerprint density at radius 1 is 1.21 bits per heavy atom. The topological polar surface area (TPSA) is 102 Å². The summed E-state index contributed by atoms with van der Waals surface area (Å²) in [5, 5.41) is 20.0. The molecule has 0 radical (unpaired) electrons. The number of morpholine rings is 1. The molecule has 1 fully saturated rings. The SMILES string of the molecule is Cc1nn(-c2ccc3nncn3n2)c(C)c1CCC(=O)NCCN1CCOCC1. The molecule has 0 saturated carbocycles. The van der Waals surface area contributed by atoms with Crippen LogP contribution in [0.4, 0.5) is 0 Å². The molecule has 10 nitrogen and oxygen atoms in total. The summed E-state index contributed by atoms with van der Waals surface area (Å²) >= 11 is 0. The van der Waals surface area contributed by atoms with Gasteiger partial charge in [-0.2, -0.15) is 9.61 Å². The average molecular weight is 398 g/mol. The number of rotatable bonds is 7. The zero-order valence-corrected chi connectivity index (χ0v) is 16.8. The smallest absolute Gasteiger partial charge is 0.220 e. The van der Waals surface area contributed by atoms with E-state index in [1.807, 2.05) is 26.0 Å². The molecule has 0 aliphatic carbocycles. The zero-order valence-electron chi connectivity index (χ0n) is 16.8. The minimum absolute atomic E-state index is 0.0637. The fourth-order valence-corrected chi connectivity index (χ4v) is 3.60. The van der Waals surface area contributed by atoms with Crippen LogP contribution < -0.4 is 5.32 Å². The van der Waals surface area contributed by atoms with Gasteiger partial charge in [0, 0.05) is 38.3 Å². The van der Waals surface area contributed by atoms with E-state index >= 15 is 0 Å². The molecule has 4 rings (SSSR count). The molecule has 3 aromatic heterocycles. The predicted octanol–water partition coefficient (Wildman–Crippen LogP) is 0.308. The van der Waals surface area contributed by atoms with Gasteiger partial charge in [0.1, 0.15) is 6.33 Å². The summed E-state index contributed by atoms with van der Waals surface area (Å²) in [5.74, 6) is 0.757. The third kappa shape index (κ3) is 4.43. The molecular formula is C19H26N8O2. The number of amides is 1. The Hall–Kier alpha value is -2.85. The Labute approximate surface area is 168 Å². The van der Waals surface area contributed by atoms with Crippen LogP contribution in [0.25, 0.3) is 11.5 Å². The molecule has 154 valence electrons. The molecule has 0 aromatic carbocycles. The van der Waals surface area contributed by atoms with Gasteiger partial charge in [0.05, 0.1) is 18.9 Å². The average Bonchev–Trinajstić information content (AvgIpc) is 3.31. The van der Waals surface area contributed by atoms with E-state index in [9.17, 15) is 4.79 Å². The first-order valence-electron chi connectivity index (χ1n) is 9.91. The molecule has 29 heavy (non-hydrogen) atoms. The Balaban J connectivity index is 1.34. The second-order valence-electron chi connectivity index (χ2n) is 7.19. The second-order valence-corrected chi connectivity index (χ2v) is 7.19. The molecule has 1 amide bonds. The quantitative estimate of drug-likeness (QED) is 0.611. The maximum atomic E-state index is 12.3. The second kappa shape index (κ2) is 8.66. The van der Waals surface area contributed by atoms with E-state index in [0.717, 1.165) is 49.8 Å². The van der Waals surface area contributed by atoms with Crippen molar-refractivity contribution in [3.05, 3.63) is 35.4 Å². The number of fused-ring (bicyclic) bond motifs is 1. The molecule has 0 atom stereocenters. The zero-order chi connectivity index (χ0) is 20.2. The number of carbonyl (C=O) groups excluding carboxylic acids is 1. The van der Waals surface area contributed by atoms with E-state index in [-0.39, 0.29) is 5.91 Å². The van der Waals surface area contributed by atoms with E-state index in [0.29, 0.717) is 30.9 Å². The summed E-state index contributed by atoms with van der Waals surface area (Å²) in [4.78, 5) is 14.6. The number of ether oxygens (including phenoxy) is 1. The van der Waals surface area contributed by atoms with Crippen molar-refractivity contribution >= 4 is 11.6 Å². The van der Waals surface area contributed by atoms with E-state index in [1.54, 1.807) is 15.5 Å². The minimum atomic E-state index is 0.0637. The van der Waals surface area contributed by atoms with Gasteiger partial charge in [-0.15, -0.1) is 15.3 Å². The van der Waals surface area contributed by atoms with Crippen LogP contribution in [0.3, 0.4) is 0 Å². The van der Waals surface area contributed by atoms with Gasteiger partial charge in [-0.05, 0) is 38.0 Å². The lowest BCUT2D eigenvalue weighted by Crippen LogP contribution is -2.41. The molecule has 4 heterocycles. The number of aromatic nitrogens is 6. The van der Waals surface area contributed by atoms with Crippen LogP contribution >= 0.6 is 0 Å². The lowest BCUT2D eigenvalue weighted by atomic mass is 10.1. The monoisotopic (exact) mass is 398 g/mol. The molecule has 0 unspecified atom stereocenters. The molecule has 1 N–H and O–H groups in total. The fraction of sp³-hybridized carbons (Fsp3) is 0.526. The van der Waals surface area contributed by atoms with E-state index in [2.05, 4.69) is 30.6 Å². The van der Waals surface area contributed by atoms with Crippen LogP contribution in [0.1, 0.15) is 23.4 Å². The lowest BCUT2D eigenvalue weighted by molar-refractivity contribution is -0.121. The third-order valence-corrected chi connectivity index (χ3v) is 5.26. The van der Waals surface area contributed by atoms with Crippen LogP contribution in [0, 0.1) is 13.8 Å². The van der Waals surface area contributed by atoms with Gasteiger partial charge in [0.15, 0.2) is 11.5 Å². The highest BCUT2D eigenvalue weighted by atomic mass is 16.5. The van der Waals surface area contributed by atoms with Crippen LogP contribution in [0.5, 0.6) is 0 Å². The molecule has 3 aromatic rings. The van der Waals surface area contributed by atoms with Crippen molar-refractivity contribution in [2.45, 2.75) is 26.7 Å². The fourth-order valence-electron chi connectivity index (χ4n) is 3.60. The number of aryl methyl sites for hydroxylation is 1. The van der Waals surface area contributed by atoms with Crippen molar-refractivity contribution in [2.24, 2.45) is 0 Å². The van der Waals surface area contributed by atoms with Crippen LogP contribution in [-0.4, -0.2) is 79.8 Å². The molecular weight excluding hydrogens is 372 g/mol. The first kappa shape index (κ1) is 19.5. The summed E-state index contributed by atoms with van der Waals surface area (Å²) in [7, 11) is 0. The number of hydrogen-bond acceptors (Lipinski definition) is 7.